The molecule has 2 nitrogen and oxygen atoms in total. The van der Waals surface area contributed by atoms with Crippen molar-refractivity contribution in [3.63, 3.8) is 0 Å². The molecule has 3 heteroatoms. The summed E-state index contributed by atoms with van der Waals surface area (Å²) in [5.41, 5.74) is 3.29. The van der Waals surface area contributed by atoms with Crippen LogP contribution in [0.4, 0.5) is 5.69 Å². The van der Waals surface area contributed by atoms with E-state index in [4.69, 9.17) is 11.6 Å². The number of Topliss-reactive ketones (excluding diaryl/α,β-unsaturated/α-hetero) is 1. The van der Waals surface area contributed by atoms with Crippen LogP contribution in [0.3, 0.4) is 0 Å². The molecular weight excluding hydrogens is 222 g/mol. The van der Waals surface area contributed by atoms with E-state index >= 15 is 0 Å². The van der Waals surface area contributed by atoms with E-state index in [1.165, 1.54) is 17.7 Å². The lowest BCUT2D eigenvalue weighted by Crippen LogP contribution is -2.29. The Labute approximate surface area is 101 Å². The maximum Gasteiger partial charge on any atom is 0.177 e. The number of hydrogen-bond donors (Lipinski definition) is 0. The molecule has 2 rings (SSSR count). The van der Waals surface area contributed by atoms with Gasteiger partial charge in [-0.3, -0.25) is 4.79 Å². The summed E-state index contributed by atoms with van der Waals surface area (Å²) in [7, 11) is 0. The highest BCUT2D eigenvalue weighted by atomic mass is 35.5. The van der Waals surface area contributed by atoms with Crippen molar-refractivity contribution in [3.05, 3.63) is 29.3 Å². The third-order valence-corrected chi connectivity index (χ3v) is 3.37. The van der Waals surface area contributed by atoms with Crippen LogP contribution in [0.5, 0.6) is 0 Å². The number of rotatable bonds is 3. The molecular formula is C13H16ClNO. The predicted molar refractivity (Wildman–Crippen MR) is 67.7 cm³/mol. The van der Waals surface area contributed by atoms with Gasteiger partial charge in [0.2, 0.25) is 0 Å². The minimum absolute atomic E-state index is 0.00564. The number of nitrogens with zero attached hydrogens (tertiary/aromatic N) is 1. The third-order valence-electron chi connectivity index (χ3n) is 3.13. The zero-order valence-electron chi connectivity index (χ0n) is 9.50. The smallest absolute Gasteiger partial charge is 0.177 e. The topological polar surface area (TPSA) is 20.3 Å². The second-order valence-electron chi connectivity index (χ2n) is 4.08. The number of carbonyl (C=O) groups excluding carboxylic acids is 1. The summed E-state index contributed by atoms with van der Waals surface area (Å²) < 4.78 is 0. The van der Waals surface area contributed by atoms with Crippen molar-refractivity contribution in [3.8, 4) is 0 Å². The van der Waals surface area contributed by atoms with Crippen LogP contribution in [0.15, 0.2) is 18.2 Å². The summed E-state index contributed by atoms with van der Waals surface area (Å²) in [4.78, 5) is 13.9. The fraction of sp³-hybridized carbons (Fsp3) is 0.462. The van der Waals surface area contributed by atoms with Gasteiger partial charge in [0.15, 0.2) is 5.78 Å². The Balaban J connectivity index is 2.38. The Bertz CT molecular complexity index is 403. The van der Waals surface area contributed by atoms with Crippen molar-refractivity contribution < 1.29 is 4.79 Å². The summed E-state index contributed by atoms with van der Waals surface area (Å²) in [5, 5.41) is 0. The van der Waals surface area contributed by atoms with E-state index in [1.54, 1.807) is 0 Å². The monoisotopic (exact) mass is 237 g/mol. The van der Waals surface area contributed by atoms with Gasteiger partial charge in [0.25, 0.3) is 0 Å². The van der Waals surface area contributed by atoms with E-state index in [2.05, 4.69) is 17.9 Å². The van der Waals surface area contributed by atoms with E-state index < -0.39 is 0 Å². The van der Waals surface area contributed by atoms with Gasteiger partial charge in [-0.25, -0.2) is 0 Å². The Morgan fingerprint density at radius 2 is 2.31 bits per heavy atom. The summed E-state index contributed by atoms with van der Waals surface area (Å²) >= 11 is 5.58. The molecule has 0 atom stereocenters. The minimum atomic E-state index is 0.00564. The van der Waals surface area contributed by atoms with E-state index in [-0.39, 0.29) is 11.7 Å². The fourth-order valence-electron chi connectivity index (χ4n) is 2.23. The first-order chi connectivity index (χ1) is 7.76. The molecule has 1 heterocycles. The van der Waals surface area contributed by atoms with E-state index in [1.807, 2.05) is 12.1 Å². The van der Waals surface area contributed by atoms with Crippen molar-refractivity contribution in [2.45, 2.75) is 19.8 Å². The predicted octanol–water partition coefficient (Wildman–Crippen LogP) is 2.88. The van der Waals surface area contributed by atoms with E-state index in [0.717, 1.165) is 25.1 Å². The molecule has 0 aliphatic carbocycles. The zero-order chi connectivity index (χ0) is 11.5. The Morgan fingerprint density at radius 3 is 3.00 bits per heavy atom. The first-order valence-electron chi connectivity index (χ1n) is 5.73. The molecule has 0 radical (unpaired) electrons. The average Bonchev–Trinajstić information content (AvgIpc) is 2.36. The molecule has 86 valence electrons. The van der Waals surface area contributed by atoms with Gasteiger partial charge in [-0.05, 0) is 31.4 Å². The normalized spacial score (nSPS) is 14.8. The first kappa shape index (κ1) is 11.5. The standard InChI is InChI=1S/C13H16ClNO/c1-2-15-7-3-4-10-5-6-11(8-12(10)15)13(16)9-14/h5-6,8H,2-4,7,9H2,1H3. The second kappa shape index (κ2) is 4.88. The van der Waals surface area contributed by atoms with Crippen LogP contribution < -0.4 is 4.90 Å². The maximum atomic E-state index is 11.5. The van der Waals surface area contributed by atoms with Gasteiger partial charge in [-0.1, -0.05) is 12.1 Å². The Morgan fingerprint density at radius 1 is 1.50 bits per heavy atom. The minimum Gasteiger partial charge on any atom is -0.372 e. The molecule has 0 unspecified atom stereocenters. The first-order valence-corrected chi connectivity index (χ1v) is 6.26. The maximum absolute atomic E-state index is 11.5. The van der Waals surface area contributed by atoms with Gasteiger partial charge >= 0.3 is 0 Å². The largest absolute Gasteiger partial charge is 0.372 e. The highest BCUT2D eigenvalue weighted by Crippen LogP contribution is 2.28. The van der Waals surface area contributed by atoms with Gasteiger partial charge < -0.3 is 4.90 Å². The van der Waals surface area contributed by atoms with Crippen molar-refractivity contribution in [1.82, 2.24) is 0 Å². The highest BCUT2D eigenvalue weighted by Gasteiger charge is 2.17. The van der Waals surface area contributed by atoms with Crippen LogP contribution in [0.25, 0.3) is 0 Å². The molecule has 16 heavy (non-hydrogen) atoms. The number of benzene rings is 1. The van der Waals surface area contributed by atoms with Gasteiger partial charge in [0.1, 0.15) is 0 Å². The van der Waals surface area contributed by atoms with Gasteiger partial charge in [-0.2, -0.15) is 0 Å². The van der Waals surface area contributed by atoms with Crippen LogP contribution >= 0.6 is 11.6 Å². The van der Waals surface area contributed by atoms with Crippen molar-refractivity contribution in [2.24, 2.45) is 0 Å². The number of halogens is 1. The van der Waals surface area contributed by atoms with Crippen LogP contribution in [0.1, 0.15) is 29.3 Å². The SMILES string of the molecule is CCN1CCCc2ccc(C(=O)CCl)cc21. The summed E-state index contributed by atoms with van der Waals surface area (Å²) in [5.74, 6) is 0.0661. The van der Waals surface area contributed by atoms with Crippen molar-refractivity contribution in [2.75, 3.05) is 23.9 Å². The summed E-state index contributed by atoms with van der Waals surface area (Å²) in [6.07, 6.45) is 2.31. The second-order valence-corrected chi connectivity index (χ2v) is 4.35. The molecule has 1 aliphatic rings. The van der Waals surface area contributed by atoms with Crippen molar-refractivity contribution in [1.29, 1.82) is 0 Å². The number of alkyl halides is 1. The van der Waals surface area contributed by atoms with Crippen molar-refractivity contribution >= 4 is 23.1 Å². The Hall–Kier alpha value is -1.02. The molecule has 0 amide bonds. The number of fused-ring (bicyclic) bond motifs is 1. The Kier molecular flexibility index (Phi) is 3.49. The lowest BCUT2D eigenvalue weighted by atomic mass is 9.98. The quantitative estimate of drug-likeness (QED) is 0.595. The molecule has 1 aliphatic heterocycles. The van der Waals surface area contributed by atoms with E-state index in [9.17, 15) is 4.79 Å². The average molecular weight is 238 g/mol. The molecule has 0 spiro atoms. The van der Waals surface area contributed by atoms with Gasteiger partial charge in [0, 0.05) is 24.3 Å². The lowest BCUT2D eigenvalue weighted by Gasteiger charge is -2.30. The van der Waals surface area contributed by atoms with Crippen LogP contribution in [0.2, 0.25) is 0 Å². The molecule has 0 fully saturated rings. The summed E-state index contributed by atoms with van der Waals surface area (Å²) in [6, 6.07) is 5.95. The molecule has 0 saturated heterocycles. The molecule has 0 saturated carbocycles. The number of aryl methyl sites for hydroxylation is 1. The van der Waals surface area contributed by atoms with Crippen LogP contribution in [-0.4, -0.2) is 24.8 Å². The van der Waals surface area contributed by atoms with Gasteiger partial charge in [-0.15, -0.1) is 11.6 Å². The highest BCUT2D eigenvalue weighted by molar-refractivity contribution is 6.30. The molecule has 0 aromatic heterocycles. The number of ketones is 1. The molecule has 0 bridgehead atoms. The fourth-order valence-corrected chi connectivity index (χ4v) is 2.38. The third kappa shape index (κ3) is 2.07. The number of anilines is 1. The summed E-state index contributed by atoms with van der Waals surface area (Å²) in [6.45, 7) is 4.22. The van der Waals surface area contributed by atoms with Crippen LogP contribution in [-0.2, 0) is 6.42 Å². The molecule has 1 aromatic rings. The lowest BCUT2D eigenvalue weighted by molar-refractivity contribution is 0.102. The number of hydrogen-bond acceptors (Lipinski definition) is 2. The molecule has 1 aromatic carbocycles. The van der Waals surface area contributed by atoms with E-state index in [0.29, 0.717) is 0 Å². The van der Waals surface area contributed by atoms with Gasteiger partial charge in [0.05, 0.1) is 5.88 Å². The van der Waals surface area contributed by atoms with Crippen LogP contribution in [0, 0.1) is 0 Å². The molecule has 0 N–H and O–H groups in total. The zero-order valence-corrected chi connectivity index (χ0v) is 10.3. The number of carbonyl (C=O) groups is 1.